The normalized spacial score (nSPS) is 12.5. The molecule has 2 nitrogen and oxygen atoms in total. The van der Waals surface area contributed by atoms with E-state index in [1.54, 1.807) is 0 Å². The van der Waals surface area contributed by atoms with Crippen LogP contribution in [-0.4, -0.2) is 11.0 Å². The third-order valence-corrected chi connectivity index (χ3v) is 3.74. The van der Waals surface area contributed by atoms with Gasteiger partial charge in [0.15, 0.2) is 0 Å². The minimum atomic E-state index is 0.500. The molecule has 0 amide bonds. The van der Waals surface area contributed by atoms with Crippen LogP contribution >= 0.6 is 15.9 Å². The maximum absolute atomic E-state index is 4.50. The van der Waals surface area contributed by atoms with Gasteiger partial charge in [-0.25, -0.2) is 4.98 Å². The Morgan fingerprint density at radius 1 is 1.29 bits per heavy atom. The molecule has 1 unspecified atom stereocenters. The second-order valence-corrected chi connectivity index (χ2v) is 5.51. The monoisotopic (exact) mass is 298 g/mol. The summed E-state index contributed by atoms with van der Waals surface area (Å²) in [5, 5.41) is 3.45. The fourth-order valence-electron chi connectivity index (χ4n) is 1.83. The smallest absolute Gasteiger partial charge is 0.126 e. The first-order chi connectivity index (χ1) is 8.13. The van der Waals surface area contributed by atoms with Gasteiger partial charge >= 0.3 is 0 Å². The molecule has 0 radical (unpaired) electrons. The molecular formula is C14H23BrN2. The first-order valence-electron chi connectivity index (χ1n) is 6.53. The van der Waals surface area contributed by atoms with Crippen LogP contribution in [0.2, 0.25) is 0 Å². The van der Waals surface area contributed by atoms with Gasteiger partial charge in [0, 0.05) is 10.5 Å². The summed E-state index contributed by atoms with van der Waals surface area (Å²) >= 11 is 3.46. The Balaban J connectivity index is 2.34. The molecule has 0 spiro atoms. The van der Waals surface area contributed by atoms with Crippen molar-refractivity contribution in [2.75, 3.05) is 5.32 Å². The fourth-order valence-corrected chi connectivity index (χ4v) is 2.05. The second-order valence-electron chi connectivity index (χ2n) is 4.66. The summed E-state index contributed by atoms with van der Waals surface area (Å²) in [5.41, 5.74) is 1.04. The van der Waals surface area contributed by atoms with Crippen molar-refractivity contribution in [3.8, 4) is 0 Å². The highest BCUT2D eigenvalue weighted by Gasteiger charge is 2.04. The Hall–Kier alpha value is -0.570. The van der Waals surface area contributed by atoms with Crippen LogP contribution in [0.15, 0.2) is 16.6 Å². The van der Waals surface area contributed by atoms with Crippen LogP contribution in [0.25, 0.3) is 0 Å². The lowest BCUT2D eigenvalue weighted by atomic mass is 10.1. The number of hydrogen-bond donors (Lipinski definition) is 1. The van der Waals surface area contributed by atoms with Crippen LogP contribution < -0.4 is 5.32 Å². The summed E-state index contributed by atoms with van der Waals surface area (Å²) in [6, 6.07) is 4.58. The average molecular weight is 299 g/mol. The Labute approximate surface area is 113 Å². The maximum Gasteiger partial charge on any atom is 0.126 e. The number of aryl methyl sites for hydroxylation is 1. The van der Waals surface area contributed by atoms with Crippen LogP contribution in [-0.2, 0) is 0 Å². The molecule has 17 heavy (non-hydrogen) atoms. The third kappa shape index (κ3) is 5.53. The van der Waals surface area contributed by atoms with E-state index >= 15 is 0 Å². The molecule has 1 rings (SSSR count). The standard InChI is InChI=1S/C14H23BrN2/c1-4-5-6-7-8-11(2)16-14-10-9-13(15)12(3)17-14/h9-11H,4-8H2,1-3H3,(H,16,17). The van der Waals surface area contributed by atoms with E-state index < -0.39 is 0 Å². The molecule has 1 heterocycles. The summed E-state index contributed by atoms with van der Waals surface area (Å²) < 4.78 is 1.07. The van der Waals surface area contributed by atoms with Gasteiger partial charge in [-0.1, -0.05) is 32.6 Å². The number of rotatable bonds is 7. The van der Waals surface area contributed by atoms with E-state index in [0.29, 0.717) is 6.04 Å². The van der Waals surface area contributed by atoms with Gasteiger partial charge in [0.1, 0.15) is 5.82 Å². The lowest BCUT2D eigenvalue weighted by Gasteiger charge is -2.15. The van der Waals surface area contributed by atoms with Gasteiger partial charge in [-0.05, 0) is 48.3 Å². The van der Waals surface area contributed by atoms with Crippen LogP contribution in [0, 0.1) is 6.92 Å². The highest BCUT2D eigenvalue weighted by molar-refractivity contribution is 9.10. The summed E-state index contributed by atoms with van der Waals surface area (Å²) in [4.78, 5) is 4.50. The molecule has 0 saturated carbocycles. The summed E-state index contributed by atoms with van der Waals surface area (Å²) in [5.74, 6) is 0.980. The van der Waals surface area contributed by atoms with E-state index in [4.69, 9.17) is 0 Å². The van der Waals surface area contributed by atoms with E-state index in [1.165, 1.54) is 32.1 Å². The number of anilines is 1. The third-order valence-electron chi connectivity index (χ3n) is 2.91. The summed E-state index contributed by atoms with van der Waals surface area (Å²) in [7, 11) is 0. The van der Waals surface area contributed by atoms with Crippen molar-refractivity contribution in [3.63, 3.8) is 0 Å². The van der Waals surface area contributed by atoms with Crippen LogP contribution in [0.3, 0.4) is 0 Å². The first kappa shape index (κ1) is 14.5. The minimum Gasteiger partial charge on any atom is -0.368 e. The SMILES string of the molecule is CCCCCCC(C)Nc1ccc(Br)c(C)n1. The van der Waals surface area contributed by atoms with Crippen LogP contribution in [0.4, 0.5) is 5.82 Å². The van der Waals surface area contributed by atoms with Crippen molar-refractivity contribution in [1.82, 2.24) is 4.98 Å². The molecule has 0 aliphatic heterocycles. The Morgan fingerprint density at radius 3 is 2.71 bits per heavy atom. The molecule has 96 valence electrons. The molecule has 3 heteroatoms. The fraction of sp³-hybridized carbons (Fsp3) is 0.643. The zero-order valence-electron chi connectivity index (χ0n) is 11.1. The lowest BCUT2D eigenvalue weighted by Crippen LogP contribution is -2.16. The number of hydrogen-bond acceptors (Lipinski definition) is 2. The van der Waals surface area contributed by atoms with E-state index in [-0.39, 0.29) is 0 Å². The van der Waals surface area contributed by atoms with Crippen LogP contribution in [0.1, 0.15) is 51.6 Å². The molecule has 1 aromatic rings. The molecule has 1 atom stereocenters. The topological polar surface area (TPSA) is 24.9 Å². The van der Waals surface area contributed by atoms with Gasteiger partial charge in [0.2, 0.25) is 0 Å². The number of nitrogens with one attached hydrogen (secondary N) is 1. The summed E-state index contributed by atoms with van der Waals surface area (Å²) in [6.45, 7) is 6.49. The zero-order valence-corrected chi connectivity index (χ0v) is 12.7. The first-order valence-corrected chi connectivity index (χ1v) is 7.32. The molecule has 1 N–H and O–H groups in total. The van der Waals surface area contributed by atoms with Crippen molar-refractivity contribution < 1.29 is 0 Å². The Bertz CT molecular complexity index is 339. The number of halogens is 1. The largest absolute Gasteiger partial charge is 0.368 e. The molecule has 0 aromatic carbocycles. The summed E-state index contributed by atoms with van der Waals surface area (Å²) in [6.07, 6.45) is 6.52. The van der Waals surface area contributed by atoms with Crippen molar-refractivity contribution >= 4 is 21.7 Å². The van der Waals surface area contributed by atoms with E-state index in [1.807, 2.05) is 13.0 Å². The molecule has 0 bridgehead atoms. The predicted octanol–water partition coefficient (Wildman–Crippen LogP) is 4.92. The van der Waals surface area contributed by atoms with Crippen LogP contribution in [0.5, 0.6) is 0 Å². The average Bonchev–Trinajstić information content (AvgIpc) is 2.30. The Kier molecular flexibility index (Phi) is 6.56. The molecular weight excluding hydrogens is 276 g/mol. The van der Waals surface area contributed by atoms with Crippen molar-refractivity contribution in [3.05, 3.63) is 22.3 Å². The van der Waals surface area contributed by atoms with E-state index in [2.05, 4.69) is 46.1 Å². The lowest BCUT2D eigenvalue weighted by molar-refractivity contribution is 0.593. The maximum atomic E-state index is 4.50. The quantitative estimate of drug-likeness (QED) is 0.723. The number of unbranched alkanes of at least 4 members (excludes halogenated alkanes) is 3. The molecule has 0 saturated heterocycles. The number of pyridine rings is 1. The molecule has 1 aromatic heterocycles. The minimum absolute atomic E-state index is 0.500. The molecule has 0 fully saturated rings. The van der Waals surface area contributed by atoms with Crippen molar-refractivity contribution in [1.29, 1.82) is 0 Å². The van der Waals surface area contributed by atoms with Gasteiger partial charge in [-0.2, -0.15) is 0 Å². The highest BCUT2D eigenvalue weighted by atomic mass is 79.9. The van der Waals surface area contributed by atoms with Gasteiger partial charge in [-0.3, -0.25) is 0 Å². The van der Waals surface area contributed by atoms with Gasteiger partial charge in [0.25, 0.3) is 0 Å². The highest BCUT2D eigenvalue weighted by Crippen LogP contribution is 2.17. The zero-order chi connectivity index (χ0) is 12.7. The predicted molar refractivity (Wildman–Crippen MR) is 78.5 cm³/mol. The second kappa shape index (κ2) is 7.70. The van der Waals surface area contributed by atoms with Gasteiger partial charge < -0.3 is 5.32 Å². The number of nitrogens with zero attached hydrogens (tertiary/aromatic N) is 1. The Morgan fingerprint density at radius 2 is 2.06 bits per heavy atom. The van der Waals surface area contributed by atoms with Gasteiger partial charge in [0.05, 0.1) is 5.69 Å². The van der Waals surface area contributed by atoms with Crippen molar-refractivity contribution in [2.24, 2.45) is 0 Å². The van der Waals surface area contributed by atoms with Gasteiger partial charge in [-0.15, -0.1) is 0 Å². The van der Waals surface area contributed by atoms with Crippen molar-refractivity contribution in [2.45, 2.75) is 58.9 Å². The molecule has 0 aliphatic carbocycles. The van der Waals surface area contributed by atoms with E-state index in [9.17, 15) is 0 Å². The van der Waals surface area contributed by atoms with E-state index in [0.717, 1.165) is 16.0 Å². The molecule has 0 aliphatic rings. The number of aromatic nitrogens is 1.